The second kappa shape index (κ2) is 7.06. The SMILES string of the molecule is Cc1cc(O)c2c(c1)C(=O)c1cc(O)cc(OC3OC(C)C(O)C(O)C3O)c1C2=O. The molecule has 158 valence electrons. The maximum Gasteiger partial charge on any atom is 0.229 e. The van der Waals surface area contributed by atoms with Gasteiger partial charge in [0.05, 0.1) is 17.2 Å². The number of ether oxygens (including phenoxy) is 2. The first-order chi connectivity index (χ1) is 14.1. The molecule has 9 heteroatoms. The number of phenols is 2. The minimum atomic E-state index is -1.66. The lowest BCUT2D eigenvalue weighted by molar-refractivity contribution is -0.268. The van der Waals surface area contributed by atoms with Crippen LogP contribution < -0.4 is 4.74 Å². The number of benzene rings is 2. The molecule has 5 N–H and O–H groups in total. The normalized spacial score (nSPS) is 28.1. The summed E-state index contributed by atoms with van der Waals surface area (Å²) in [5.41, 5.74) is 0.0397. The first-order valence-electron chi connectivity index (χ1n) is 9.26. The quantitative estimate of drug-likeness (QED) is 0.399. The van der Waals surface area contributed by atoms with Gasteiger partial charge in [-0.2, -0.15) is 0 Å². The standard InChI is InChI=1S/C21H20O9/c1-7-3-10-14(12(23)4-7)18(26)15-11(17(10)25)5-9(22)6-13(15)30-21-20(28)19(27)16(24)8(2)29-21/h3-6,8,16,19-24,27-28H,1-2H3. The van der Waals surface area contributed by atoms with Crippen LogP contribution in [0.25, 0.3) is 0 Å². The van der Waals surface area contributed by atoms with Crippen molar-refractivity contribution in [1.82, 2.24) is 0 Å². The largest absolute Gasteiger partial charge is 0.508 e. The molecule has 1 aliphatic heterocycles. The van der Waals surface area contributed by atoms with Crippen molar-refractivity contribution in [2.45, 2.75) is 44.6 Å². The topological polar surface area (TPSA) is 154 Å². The lowest BCUT2D eigenvalue weighted by atomic mass is 9.82. The van der Waals surface area contributed by atoms with Gasteiger partial charge in [-0.05, 0) is 37.6 Å². The van der Waals surface area contributed by atoms with E-state index in [2.05, 4.69) is 0 Å². The van der Waals surface area contributed by atoms with Crippen LogP contribution in [-0.2, 0) is 4.74 Å². The third-order valence-electron chi connectivity index (χ3n) is 5.34. The Morgan fingerprint density at radius 3 is 2.23 bits per heavy atom. The number of carbonyl (C=O) groups is 2. The molecule has 9 nitrogen and oxygen atoms in total. The number of aliphatic hydroxyl groups is 3. The Hall–Kier alpha value is -2.98. The predicted octanol–water partition coefficient (Wildman–Crippen LogP) is 0.388. The van der Waals surface area contributed by atoms with Crippen LogP contribution in [0, 0.1) is 6.92 Å². The molecular formula is C21H20O9. The number of rotatable bonds is 2. The number of aromatic hydroxyl groups is 2. The number of aryl methyl sites for hydroxylation is 1. The van der Waals surface area contributed by atoms with Crippen molar-refractivity contribution in [3.8, 4) is 17.2 Å². The van der Waals surface area contributed by atoms with E-state index in [-0.39, 0.29) is 39.5 Å². The molecule has 30 heavy (non-hydrogen) atoms. The Morgan fingerprint density at radius 1 is 0.867 bits per heavy atom. The summed E-state index contributed by atoms with van der Waals surface area (Å²) in [6.07, 6.45) is -6.97. The van der Waals surface area contributed by atoms with Gasteiger partial charge in [0, 0.05) is 17.2 Å². The van der Waals surface area contributed by atoms with Crippen molar-refractivity contribution >= 4 is 11.6 Å². The Balaban J connectivity index is 1.81. The number of carbonyl (C=O) groups excluding carboxylic acids is 2. The minimum Gasteiger partial charge on any atom is -0.508 e. The van der Waals surface area contributed by atoms with Gasteiger partial charge in [0.1, 0.15) is 35.6 Å². The zero-order chi connectivity index (χ0) is 21.9. The highest BCUT2D eigenvalue weighted by Gasteiger charge is 2.44. The van der Waals surface area contributed by atoms with Gasteiger partial charge in [-0.25, -0.2) is 0 Å². The number of hydrogen-bond acceptors (Lipinski definition) is 9. The van der Waals surface area contributed by atoms with Crippen molar-refractivity contribution in [3.05, 3.63) is 52.1 Å². The zero-order valence-corrected chi connectivity index (χ0v) is 16.1. The molecule has 0 saturated carbocycles. The Labute approximate surface area is 170 Å². The first-order valence-corrected chi connectivity index (χ1v) is 9.26. The molecule has 5 unspecified atom stereocenters. The molecule has 2 aromatic carbocycles. The van der Waals surface area contributed by atoms with Crippen LogP contribution in [0.3, 0.4) is 0 Å². The second-order valence-electron chi connectivity index (χ2n) is 7.53. The predicted molar refractivity (Wildman–Crippen MR) is 101 cm³/mol. The van der Waals surface area contributed by atoms with Crippen LogP contribution >= 0.6 is 0 Å². The molecule has 1 heterocycles. The fraction of sp³-hybridized carbons (Fsp3) is 0.333. The molecular weight excluding hydrogens is 396 g/mol. The molecule has 2 aliphatic rings. The Kier molecular flexibility index (Phi) is 4.78. The van der Waals surface area contributed by atoms with E-state index in [0.717, 1.165) is 12.1 Å². The lowest BCUT2D eigenvalue weighted by Crippen LogP contribution is -2.58. The second-order valence-corrected chi connectivity index (χ2v) is 7.53. The summed E-state index contributed by atoms with van der Waals surface area (Å²) >= 11 is 0. The van der Waals surface area contributed by atoms with E-state index in [1.165, 1.54) is 19.1 Å². The van der Waals surface area contributed by atoms with E-state index < -0.39 is 42.3 Å². The third-order valence-corrected chi connectivity index (χ3v) is 5.34. The van der Waals surface area contributed by atoms with Crippen molar-refractivity contribution in [2.75, 3.05) is 0 Å². The average Bonchev–Trinajstić information content (AvgIpc) is 2.67. The zero-order valence-electron chi connectivity index (χ0n) is 16.1. The average molecular weight is 416 g/mol. The van der Waals surface area contributed by atoms with Crippen molar-refractivity contribution in [1.29, 1.82) is 0 Å². The molecule has 4 rings (SSSR count). The van der Waals surface area contributed by atoms with Gasteiger partial charge in [0.15, 0.2) is 5.78 Å². The van der Waals surface area contributed by atoms with Crippen LogP contribution in [0.15, 0.2) is 24.3 Å². The molecule has 0 radical (unpaired) electrons. The Bertz CT molecular complexity index is 1060. The van der Waals surface area contributed by atoms with Gasteiger partial charge >= 0.3 is 0 Å². The minimum absolute atomic E-state index is 0.00247. The smallest absolute Gasteiger partial charge is 0.229 e. The van der Waals surface area contributed by atoms with Crippen molar-refractivity contribution < 1.29 is 44.6 Å². The van der Waals surface area contributed by atoms with E-state index in [4.69, 9.17) is 9.47 Å². The van der Waals surface area contributed by atoms with Crippen LogP contribution in [0.5, 0.6) is 17.2 Å². The highest BCUT2D eigenvalue weighted by atomic mass is 16.7. The fourth-order valence-corrected chi connectivity index (χ4v) is 3.80. The summed E-state index contributed by atoms with van der Waals surface area (Å²) in [6.45, 7) is 3.12. The monoisotopic (exact) mass is 416 g/mol. The summed E-state index contributed by atoms with van der Waals surface area (Å²) in [5, 5.41) is 50.4. The molecule has 2 aromatic rings. The van der Waals surface area contributed by atoms with E-state index >= 15 is 0 Å². The highest BCUT2D eigenvalue weighted by molar-refractivity contribution is 6.30. The van der Waals surface area contributed by atoms with Gasteiger partial charge in [0.2, 0.25) is 12.1 Å². The highest BCUT2D eigenvalue weighted by Crippen LogP contribution is 2.40. The molecule has 0 amide bonds. The summed E-state index contributed by atoms with van der Waals surface area (Å²) in [7, 11) is 0. The van der Waals surface area contributed by atoms with Gasteiger partial charge in [-0.15, -0.1) is 0 Å². The van der Waals surface area contributed by atoms with Crippen molar-refractivity contribution in [3.63, 3.8) is 0 Å². The molecule has 5 atom stereocenters. The van der Waals surface area contributed by atoms with E-state index in [0.29, 0.717) is 5.56 Å². The van der Waals surface area contributed by atoms with Crippen LogP contribution in [0.1, 0.15) is 44.3 Å². The summed E-state index contributed by atoms with van der Waals surface area (Å²) in [6, 6.07) is 5.00. The summed E-state index contributed by atoms with van der Waals surface area (Å²) in [4.78, 5) is 26.1. The number of phenolic OH excluding ortho intramolecular Hbond substituents is 2. The molecule has 0 aromatic heterocycles. The third kappa shape index (κ3) is 3.03. The van der Waals surface area contributed by atoms with E-state index in [1.54, 1.807) is 6.92 Å². The molecule has 0 bridgehead atoms. The number of aliphatic hydroxyl groups excluding tert-OH is 3. The van der Waals surface area contributed by atoms with Gasteiger partial charge in [-0.1, -0.05) is 0 Å². The maximum atomic E-state index is 13.2. The molecule has 0 spiro atoms. The van der Waals surface area contributed by atoms with Crippen LogP contribution in [0.2, 0.25) is 0 Å². The van der Waals surface area contributed by atoms with E-state index in [1.807, 2.05) is 0 Å². The summed E-state index contributed by atoms with van der Waals surface area (Å²) < 4.78 is 11.0. The molecule has 1 saturated heterocycles. The maximum absolute atomic E-state index is 13.2. The number of ketones is 2. The lowest BCUT2D eigenvalue weighted by Gasteiger charge is -2.39. The van der Waals surface area contributed by atoms with Gasteiger partial charge < -0.3 is 35.0 Å². The summed E-state index contributed by atoms with van der Waals surface area (Å²) in [5.74, 6) is -2.30. The van der Waals surface area contributed by atoms with Crippen LogP contribution in [-0.4, -0.2) is 67.8 Å². The van der Waals surface area contributed by atoms with Gasteiger partial charge in [0.25, 0.3) is 0 Å². The van der Waals surface area contributed by atoms with Crippen molar-refractivity contribution in [2.24, 2.45) is 0 Å². The van der Waals surface area contributed by atoms with Crippen LogP contribution in [0.4, 0.5) is 0 Å². The fourth-order valence-electron chi connectivity index (χ4n) is 3.80. The molecule has 1 fully saturated rings. The van der Waals surface area contributed by atoms with Gasteiger partial charge in [-0.3, -0.25) is 9.59 Å². The number of hydrogen-bond donors (Lipinski definition) is 5. The number of fused-ring (bicyclic) bond motifs is 2. The Morgan fingerprint density at radius 2 is 1.53 bits per heavy atom. The molecule has 1 aliphatic carbocycles. The first kappa shape index (κ1) is 20.3. The van der Waals surface area contributed by atoms with E-state index in [9.17, 15) is 35.1 Å².